The van der Waals surface area contributed by atoms with Crippen LogP contribution in [0.15, 0.2) is 24.5 Å². The molecule has 0 aliphatic carbocycles. The van der Waals surface area contributed by atoms with E-state index < -0.39 is 22.5 Å². The molecule has 1 amide bonds. The predicted molar refractivity (Wildman–Crippen MR) is 82.2 cm³/mol. The van der Waals surface area contributed by atoms with Gasteiger partial charge in [0.25, 0.3) is 0 Å². The van der Waals surface area contributed by atoms with Gasteiger partial charge >= 0.3 is 6.18 Å². The number of aromatic nitrogens is 4. The lowest BCUT2D eigenvalue weighted by Gasteiger charge is -2.21. The first-order valence-corrected chi connectivity index (χ1v) is 7.61. The van der Waals surface area contributed by atoms with Crippen LogP contribution >= 0.6 is 11.3 Å². The fourth-order valence-electron chi connectivity index (χ4n) is 2.06. The Balaban J connectivity index is 2.12. The topological polar surface area (TPSA) is 86.7 Å². The van der Waals surface area contributed by atoms with Crippen LogP contribution in [0.25, 0.3) is 21.7 Å². The number of rotatable bonds is 3. The van der Waals surface area contributed by atoms with Crippen molar-refractivity contribution in [3.8, 4) is 10.6 Å². The molecule has 2 N–H and O–H groups in total. The molecular formula is C14H12F3N5OS. The second kappa shape index (κ2) is 5.26. The van der Waals surface area contributed by atoms with Crippen molar-refractivity contribution in [2.24, 2.45) is 5.73 Å². The number of halogens is 3. The second-order valence-corrected chi connectivity index (χ2v) is 6.69. The average Bonchev–Trinajstić information content (AvgIpc) is 3.13. The Bertz CT molecular complexity index is 928. The number of nitrogens with zero attached hydrogens (tertiary/aromatic N) is 4. The lowest BCUT2D eigenvalue weighted by Crippen LogP contribution is -2.41. The summed E-state index contributed by atoms with van der Waals surface area (Å²) in [7, 11) is 0. The molecule has 0 aliphatic heterocycles. The molecule has 6 nitrogen and oxygen atoms in total. The molecule has 0 fully saturated rings. The van der Waals surface area contributed by atoms with Crippen molar-refractivity contribution < 1.29 is 18.0 Å². The van der Waals surface area contributed by atoms with E-state index in [1.165, 1.54) is 23.1 Å². The summed E-state index contributed by atoms with van der Waals surface area (Å²) in [5, 5.41) is 4.08. The normalized spacial score (nSPS) is 12.7. The number of primary amides is 1. The van der Waals surface area contributed by atoms with Crippen LogP contribution in [0.1, 0.15) is 18.7 Å². The number of amides is 1. The van der Waals surface area contributed by atoms with E-state index in [1.54, 1.807) is 13.8 Å². The Kier molecular flexibility index (Phi) is 3.59. The monoisotopic (exact) mass is 355 g/mol. The van der Waals surface area contributed by atoms with Gasteiger partial charge in [-0.25, -0.2) is 14.6 Å². The van der Waals surface area contributed by atoms with Gasteiger partial charge in [-0.3, -0.25) is 4.79 Å². The molecule has 0 atom stereocenters. The molecule has 0 saturated heterocycles. The minimum atomic E-state index is -4.41. The molecule has 0 saturated carbocycles. The van der Waals surface area contributed by atoms with E-state index >= 15 is 0 Å². The van der Waals surface area contributed by atoms with Crippen LogP contribution in [0.3, 0.4) is 0 Å². The van der Waals surface area contributed by atoms with Crippen molar-refractivity contribution in [3.63, 3.8) is 0 Å². The van der Waals surface area contributed by atoms with Gasteiger partial charge in [-0.1, -0.05) is 0 Å². The van der Waals surface area contributed by atoms with Crippen LogP contribution in [0.5, 0.6) is 0 Å². The van der Waals surface area contributed by atoms with E-state index in [4.69, 9.17) is 5.73 Å². The maximum absolute atomic E-state index is 12.7. The van der Waals surface area contributed by atoms with Crippen molar-refractivity contribution in [1.82, 2.24) is 19.7 Å². The SMILES string of the molecule is CC(C)(C(N)=O)n1ncc2ncc(-c3ccc(C(F)(F)F)s3)nc21. The quantitative estimate of drug-likeness (QED) is 0.783. The van der Waals surface area contributed by atoms with E-state index in [-0.39, 0.29) is 11.3 Å². The lowest BCUT2D eigenvalue weighted by molar-refractivity contribution is -0.134. The highest BCUT2D eigenvalue weighted by Gasteiger charge is 2.33. The fourth-order valence-corrected chi connectivity index (χ4v) is 2.89. The fraction of sp³-hybridized carbons (Fsp3) is 0.286. The van der Waals surface area contributed by atoms with Gasteiger partial charge < -0.3 is 5.73 Å². The molecule has 3 aromatic rings. The van der Waals surface area contributed by atoms with Gasteiger partial charge in [0.05, 0.1) is 17.3 Å². The number of hydrogen-bond acceptors (Lipinski definition) is 5. The van der Waals surface area contributed by atoms with Crippen LogP contribution in [-0.2, 0) is 16.5 Å². The third kappa shape index (κ3) is 2.62. The molecule has 0 radical (unpaired) electrons. The van der Waals surface area contributed by atoms with Gasteiger partial charge in [0, 0.05) is 0 Å². The molecule has 10 heteroatoms. The summed E-state index contributed by atoms with van der Waals surface area (Å²) in [5.74, 6) is -0.616. The molecule has 0 aliphatic rings. The first kappa shape index (κ1) is 16.4. The van der Waals surface area contributed by atoms with Crippen molar-refractivity contribution in [2.45, 2.75) is 25.6 Å². The maximum Gasteiger partial charge on any atom is 0.425 e. The zero-order chi connectivity index (χ0) is 17.7. The summed E-state index contributed by atoms with van der Waals surface area (Å²) >= 11 is 0.575. The van der Waals surface area contributed by atoms with Gasteiger partial charge in [-0.05, 0) is 26.0 Å². The van der Waals surface area contributed by atoms with Crippen LogP contribution in [0.2, 0.25) is 0 Å². The minimum Gasteiger partial charge on any atom is -0.368 e. The maximum atomic E-state index is 12.7. The van der Waals surface area contributed by atoms with Crippen LogP contribution in [-0.4, -0.2) is 25.7 Å². The molecular weight excluding hydrogens is 343 g/mol. The van der Waals surface area contributed by atoms with Crippen molar-refractivity contribution in [1.29, 1.82) is 0 Å². The highest BCUT2D eigenvalue weighted by Crippen LogP contribution is 2.38. The number of carbonyl (C=O) groups excluding carboxylic acids is 1. The number of carbonyl (C=O) groups is 1. The Labute approximate surface area is 138 Å². The van der Waals surface area contributed by atoms with E-state index in [1.807, 2.05) is 0 Å². The van der Waals surface area contributed by atoms with Gasteiger partial charge in [0.2, 0.25) is 5.91 Å². The van der Waals surface area contributed by atoms with Gasteiger partial charge in [0.15, 0.2) is 5.65 Å². The van der Waals surface area contributed by atoms with E-state index in [0.29, 0.717) is 21.7 Å². The molecule has 0 bridgehead atoms. The first-order valence-electron chi connectivity index (χ1n) is 6.79. The van der Waals surface area contributed by atoms with Crippen LogP contribution in [0.4, 0.5) is 13.2 Å². The summed E-state index contributed by atoms with van der Waals surface area (Å²) in [5.41, 5.74) is 5.19. The minimum absolute atomic E-state index is 0.269. The number of alkyl halides is 3. The van der Waals surface area contributed by atoms with Crippen LogP contribution < -0.4 is 5.73 Å². The summed E-state index contributed by atoms with van der Waals surface area (Å²) in [6.07, 6.45) is -1.61. The summed E-state index contributed by atoms with van der Waals surface area (Å²) in [6, 6.07) is 2.33. The first-order chi connectivity index (χ1) is 11.1. The molecule has 0 spiro atoms. The highest BCUT2D eigenvalue weighted by molar-refractivity contribution is 7.15. The Morgan fingerprint density at radius 3 is 2.54 bits per heavy atom. The van der Waals surface area contributed by atoms with Crippen LogP contribution in [0, 0.1) is 0 Å². The highest BCUT2D eigenvalue weighted by atomic mass is 32.1. The largest absolute Gasteiger partial charge is 0.425 e. The zero-order valence-electron chi connectivity index (χ0n) is 12.6. The molecule has 3 aromatic heterocycles. The smallest absolute Gasteiger partial charge is 0.368 e. The Morgan fingerprint density at radius 2 is 1.96 bits per heavy atom. The number of hydrogen-bond donors (Lipinski definition) is 1. The van der Waals surface area contributed by atoms with Crippen molar-refractivity contribution in [2.75, 3.05) is 0 Å². The standard InChI is InChI=1S/C14H12F3N5OS/c1-13(2,12(18)23)22-11-8(6-20-22)19-5-7(21-11)9-3-4-10(24-9)14(15,16)17/h3-6H,1-2H3,(H2,18,23). The van der Waals surface area contributed by atoms with Gasteiger partial charge in [-0.15, -0.1) is 11.3 Å². The second-order valence-electron chi connectivity index (χ2n) is 5.61. The summed E-state index contributed by atoms with van der Waals surface area (Å²) in [4.78, 5) is 19.7. The Hall–Kier alpha value is -2.49. The molecule has 0 aromatic carbocycles. The molecule has 3 rings (SSSR count). The third-order valence-electron chi connectivity index (χ3n) is 3.55. The van der Waals surface area contributed by atoms with E-state index in [9.17, 15) is 18.0 Å². The molecule has 24 heavy (non-hydrogen) atoms. The molecule has 0 unspecified atom stereocenters. The Morgan fingerprint density at radius 1 is 1.25 bits per heavy atom. The van der Waals surface area contributed by atoms with Gasteiger partial charge in [0.1, 0.15) is 21.6 Å². The third-order valence-corrected chi connectivity index (χ3v) is 4.70. The predicted octanol–water partition coefficient (Wildman–Crippen LogP) is 2.79. The average molecular weight is 355 g/mol. The summed E-state index contributed by atoms with van der Waals surface area (Å²) in [6.45, 7) is 3.14. The van der Waals surface area contributed by atoms with Crippen molar-refractivity contribution >= 4 is 28.4 Å². The lowest BCUT2D eigenvalue weighted by atomic mass is 10.1. The van der Waals surface area contributed by atoms with Crippen molar-refractivity contribution in [3.05, 3.63) is 29.4 Å². The van der Waals surface area contributed by atoms with E-state index in [2.05, 4.69) is 15.1 Å². The molecule has 126 valence electrons. The zero-order valence-corrected chi connectivity index (χ0v) is 13.4. The number of nitrogens with two attached hydrogens (primary N) is 1. The number of thiophene rings is 1. The molecule has 3 heterocycles. The summed E-state index contributed by atoms with van der Waals surface area (Å²) < 4.78 is 39.5. The van der Waals surface area contributed by atoms with E-state index in [0.717, 1.165) is 6.07 Å². The number of fused-ring (bicyclic) bond motifs is 1. The van der Waals surface area contributed by atoms with Gasteiger partial charge in [-0.2, -0.15) is 18.3 Å².